The fourth-order valence-corrected chi connectivity index (χ4v) is 2.32. The lowest BCUT2D eigenvalue weighted by atomic mass is 10.0. The van der Waals surface area contributed by atoms with Crippen LogP contribution in [0, 0.1) is 11.3 Å². The van der Waals surface area contributed by atoms with E-state index in [1.165, 1.54) is 5.56 Å². The first kappa shape index (κ1) is 14.6. The van der Waals surface area contributed by atoms with Crippen molar-refractivity contribution in [3.05, 3.63) is 70.2 Å². The van der Waals surface area contributed by atoms with Crippen LogP contribution in [0.3, 0.4) is 0 Å². The molecule has 2 aromatic carbocycles. The second-order valence-corrected chi connectivity index (χ2v) is 5.34. The second kappa shape index (κ2) is 6.56. The Bertz CT molecular complexity index is 614. The normalized spacial score (nSPS) is 13.5. The molecular formula is C17H17ClN2. The predicted molar refractivity (Wildman–Crippen MR) is 82.6 cm³/mol. The van der Waals surface area contributed by atoms with Crippen LogP contribution in [0.4, 0.5) is 0 Å². The Morgan fingerprint density at radius 1 is 1.00 bits per heavy atom. The van der Waals surface area contributed by atoms with Gasteiger partial charge in [0.1, 0.15) is 0 Å². The maximum atomic E-state index is 8.95. The molecule has 0 aromatic heterocycles. The highest BCUT2D eigenvalue weighted by atomic mass is 35.5. The van der Waals surface area contributed by atoms with Crippen LogP contribution in [0.5, 0.6) is 0 Å². The van der Waals surface area contributed by atoms with E-state index in [1.54, 1.807) is 0 Å². The van der Waals surface area contributed by atoms with Crippen molar-refractivity contribution < 1.29 is 0 Å². The fraction of sp³-hybridized carbons (Fsp3) is 0.235. The standard InChI is InChI=1S/C17H17ClN2/c1-12(15-6-8-17(18)9-7-15)20-13(2)16-5-3-4-14(10-16)11-19/h3-10,12-13,20H,1-2H3/t12-,13?/m1/s1. The Morgan fingerprint density at radius 3 is 2.30 bits per heavy atom. The summed E-state index contributed by atoms with van der Waals surface area (Å²) in [6.45, 7) is 4.22. The molecule has 0 aliphatic carbocycles. The van der Waals surface area contributed by atoms with E-state index < -0.39 is 0 Å². The van der Waals surface area contributed by atoms with Crippen molar-refractivity contribution in [1.82, 2.24) is 5.32 Å². The number of nitriles is 1. The SMILES string of the molecule is CC(N[C@H](C)c1ccc(Cl)cc1)c1cccc(C#N)c1. The minimum Gasteiger partial charge on any atom is -0.304 e. The van der Waals surface area contributed by atoms with E-state index in [-0.39, 0.29) is 12.1 Å². The van der Waals surface area contributed by atoms with Gasteiger partial charge < -0.3 is 5.32 Å². The molecule has 2 rings (SSSR count). The molecule has 0 aliphatic heterocycles. The van der Waals surface area contributed by atoms with Crippen LogP contribution >= 0.6 is 11.6 Å². The van der Waals surface area contributed by atoms with E-state index in [2.05, 4.69) is 25.2 Å². The Balaban J connectivity index is 2.08. The Hall–Kier alpha value is -1.82. The van der Waals surface area contributed by atoms with Crippen LogP contribution in [0.15, 0.2) is 48.5 Å². The molecule has 0 spiro atoms. The highest BCUT2D eigenvalue weighted by Crippen LogP contribution is 2.21. The summed E-state index contributed by atoms with van der Waals surface area (Å²) >= 11 is 5.90. The molecule has 102 valence electrons. The number of hydrogen-bond acceptors (Lipinski definition) is 2. The largest absolute Gasteiger partial charge is 0.304 e. The number of hydrogen-bond donors (Lipinski definition) is 1. The van der Waals surface area contributed by atoms with E-state index >= 15 is 0 Å². The summed E-state index contributed by atoms with van der Waals surface area (Å²) in [7, 11) is 0. The lowest BCUT2D eigenvalue weighted by Gasteiger charge is -2.21. The molecule has 1 N–H and O–H groups in total. The zero-order valence-electron chi connectivity index (χ0n) is 11.6. The van der Waals surface area contributed by atoms with Crippen molar-refractivity contribution in [2.24, 2.45) is 0 Å². The van der Waals surface area contributed by atoms with Crippen molar-refractivity contribution in [3.63, 3.8) is 0 Å². The third-order valence-electron chi connectivity index (χ3n) is 3.39. The van der Waals surface area contributed by atoms with Crippen LogP contribution in [-0.2, 0) is 0 Å². The Labute approximate surface area is 125 Å². The molecule has 3 heteroatoms. The Morgan fingerprint density at radius 2 is 1.65 bits per heavy atom. The smallest absolute Gasteiger partial charge is 0.0991 e. The van der Waals surface area contributed by atoms with E-state index in [1.807, 2.05) is 48.5 Å². The molecule has 2 atom stereocenters. The van der Waals surface area contributed by atoms with Gasteiger partial charge in [0, 0.05) is 17.1 Å². The second-order valence-electron chi connectivity index (χ2n) is 4.90. The van der Waals surface area contributed by atoms with Gasteiger partial charge in [-0.05, 0) is 49.2 Å². The number of nitrogens with zero attached hydrogens (tertiary/aromatic N) is 1. The van der Waals surface area contributed by atoms with Crippen molar-refractivity contribution in [1.29, 1.82) is 5.26 Å². The van der Waals surface area contributed by atoms with E-state index in [0.29, 0.717) is 5.56 Å². The molecule has 0 radical (unpaired) electrons. The van der Waals surface area contributed by atoms with E-state index in [9.17, 15) is 0 Å². The summed E-state index contributed by atoms with van der Waals surface area (Å²) in [5, 5.41) is 13.2. The van der Waals surface area contributed by atoms with Crippen LogP contribution in [0.2, 0.25) is 5.02 Å². The maximum absolute atomic E-state index is 8.95. The van der Waals surface area contributed by atoms with Crippen molar-refractivity contribution in [2.75, 3.05) is 0 Å². The van der Waals surface area contributed by atoms with Gasteiger partial charge in [-0.25, -0.2) is 0 Å². The zero-order chi connectivity index (χ0) is 14.5. The molecular weight excluding hydrogens is 268 g/mol. The third kappa shape index (κ3) is 3.60. The fourth-order valence-electron chi connectivity index (χ4n) is 2.20. The lowest BCUT2D eigenvalue weighted by molar-refractivity contribution is 0.494. The first-order valence-electron chi connectivity index (χ1n) is 6.61. The molecule has 2 aromatic rings. The third-order valence-corrected chi connectivity index (χ3v) is 3.64. The van der Waals surface area contributed by atoms with Gasteiger partial charge in [0.15, 0.2) is 0 Å². The molecule has 0 heterocycles. The first-order chi connectivity index (χ1) is 9.60. The molecule has 0 fully saturated rings. The van der Waals surface area contributed by atoms with Gasteiger partial charge in [0.2, 0.25) is 0 Å². The van der Waals surface area contributed by atoms with Gasteiger partial charge >= 0.3 is 0 Å². The van der Waals surface area contributed by atoms with E-state index in [0.717, 1.165) is 10.6 Å². The van der Waals surface area contributed by atoms with Crippen molar-refractivity contribution >= 4 is 11.6 Å². The molecule has 1 unspecified atom stereocenters. The van der Waals surface area contributed by atoms with Crippen LogP contribution in [-0.4, -0.2) is 0 Å². The van der Waals surface area contributed by atoms with Gasteiger partial charge in [0.05, 0.1) is 11.6 Å². The van der Waals surface area contributed by atoms with Gasteiger partial charge in [0.25, 0.3) is 0 Å². The molecule has 0 bridgehead atoms. The van der Waals surface area contributed by atoms with Crippen molar-refractivity contribution in [2.45, 2.75) is 25.9 Å². The number of rotatable bonds is 4. The average molecular weight is 285 g/mol. The summed E-state index contributed by atoms with van der Waals surface area (Å²) < 4.78 is 0. The van der Waals surface area contributed by atoms with Crippen molar-refractivity contribution in [3.8, 4) is 6.07 Å². The topological polar surface area (TPSA) is 35.8 Å². The minimum absolute atomic E-state index is 0.175. The van der Waals surface area contributed by atoms with Gasteiger partial charge in [-0.1, -0.05) is 35.9 Å². The molecule has 2 nitrogen and oxygen atoms in total. The molecule has 0 saturated heterocycles. The highest BCUT2D eigenvalue weighted by Gasteiger charge is 2.11. The first-order valence-corrected chi connectivity index (χ1v) is 6.99. The minimum atomic E-state index is 0.175. The zero-order valence-corrected chi connectivity index (χ0v) is 12.4. The van der Waals surface area contributed by atoms with Gasteiger partial charge in [-0.3, -0.25) is 0 Å². The predicted octanol–water partition coefficient (Wildman–Crippen LogP) is 4.62. The van der Waals surface area contributed by atoms with Crippen LogP contribution in [0.25, 0.3) is 0 Å². The molecule has 0 saturated carbocycles. The number of nitrogens with one attached hydrogen (secondary N) is 1. The van der Waals surface area contributed by atoms with Gasteiger partial charge in [-0.2, -0.15) is 5.26 Å². The number of halogens is 1. The molecule has 20 heavy (non-hydrogen) atoms. The maximum Gasteiger partial charge on any atom is 0.0991 e. The molecule has 0 aliphatic rings. The summed E-state index contributed by atoms with van der Waals surface area (Å²) in [4.78, 5) is 0. The summed E-state index contributed by atoms with van der Waals surface area (Å²) in [6.07, 6.45) is 0. The Kier molecular flexibility index (Phi) is 4.79. The van der Waals surface area contributed by atoms with Crippen LogP contribution < -0.4 is 5.32 Å². The monoisotopic (exact) mass is 284 g/mol. The summed E-state index contributed by atoms with van der Waals surface area (Å²) in [5.41, 5.74) is 3.00. The summed E-state index contributed by atoms with van der Waals surface area (Å²) in [5.74, 6) is 0. The van der Waals surface area contributed by atoms with Gasteiger partial charge in [-0.15, -0.1) is 0 Å². The summed E-state index contributed by atoms with van der Waals surface area (Å²) in [6, 6.07) is 18.1. The van der Waals surface area contributed by atoms with E-state index in [4.69, 9.17) is 16.9 Å². The quantitative estimate of drug-likeness (QED) is 0.889. The average Bonchev–Trinajstić information content (AvgIpc) is 2.47. The highest BCUT2D eigenvalue weighted by molar-refractivity contribution is 6.30. The lowest BCUT2D eigenvalue weighted by Crippen LogP contribution is -2.22. The molecule has 0 amide bonds. The van der Waals surface area contributed by atoms with Crippen LogP contribution in [0.1, 0.15) is 42.6 Å². The number of benzene rings is 2.